The Bertz CT molecular complexity index is 291. The van der Waals surface area contributed by atoms with E-state index in [1.165, 1.54) is 16.7 Å². The van der Waals surface area contributed by atoms with Gasteiger partial charge >= 0.3 is 0 Å². The van der Waals surface area contributed by atoms with Crippen molar-refractivity contribution in [2.24, 2.45) is 0 Å². The lowest BCUT2D eigenvalue weighted by molar-refractivity contribution is 0.885. The molecule has 0 amide bonds. The molecular formula is C13H19Br. The molecule has 0 aromatic heterocycles. The molecule has 0 fully saturated rings. The fraction of sp³-hybridized carbons (Fsp3) is 0.538. The van der Waals surface area contributed by atoms with Crippen molar-refractivity contribution in [3.63, 3.8) is 0 Å². The van der Waals surface area contributed by atoms with Gasteiger partial charge in [0.05, 0.1) is 0 Å². The summed E-state index contributed by atoms with van der Waals surface area (Å²) in [6.45, 7) is 6.65. The zero-order chi connectivity index (χ0) is 10.6. The molecular weight excluding hydrogens is 236 g/mol. The number of aryl methyl sites for hydroxylation is 2. The van der Waals surface area contributed by atoms with Gasteiger partial charge in [0.15, 0.2) is 0 Å². The SMILES string of the molecule is CCc1ccc(CC)c(C(Br)CC)c1. The largest absolute Gasteiger partial charge is 0.0839 e. The van der Waals surface area contributed by atoms with Crippen LogP contribution in [0.25, 0.3) is 0 Å². The Morgan fingerprint density at radius 3 is 2.36 bits per heavy atom. The summed E-state index contributed by atoms with van der Waals surface area (Å²) in [5.74, 6) is 0. The molecule has 1 rings (SSSR count). The third-order valence-corrected chi connectivity index (χ3v) is 3.84. The maximum Gasteiger partial charge on any atom is 0.0395 e. The van der Waals surface area contributed by atoms with Crippen LogP contribution in [-0.2, 0) is 12.8 Å². The third-order valence-electron chi connectivity index (χ3n) is 2.70. The van der Waals surface area contributed by atoms with Gasteiger partial charge in [-0.2, -0.15) is 0 Å². The van der Waals surface area contributed by atoms with E-state index in [4.69, 9.17) is 0 Å². The Morgan fingerprint density at radius 1 is 1.14 bits per heavy atom. The molecule has 0 saturated carbocycles. The van der Waals surface area contributed by atoms with E-state index in [9.17, 15) is 0 Å². The van der Waals surface area contributed by atoms with Gasteiger partial charge in [0.2, 0.25) is 0 Å². The van der Waals surface area contributed by atoms with Crippen LogP contribution in [0.4, 0.5) is 0 Å². The Balaban J connectivity index is 3.08. The smallest absolute Gasteiger partial charge is 0.0395 e. The monoisotopic (exact) mass is 254 g/mol. The van der Waals surface area contributed by atoms with E-state index in [2.05, 4.69) is 54.9 Å². The lowest BCUT2D eigenvalue weighted by Crippen LogP contribution is -1.97. The Labute approximate surface area is 95.9 Å². The summed E-state index contributed by atoms with van der Waals surface area (Å²) in [5, 5.41) is 0. The van der Waals surface area contributed by atoms with Gasteiger partial charge in [-0.05, 0) is 36.0 Å². The maximum absolute atomic E-state index is 3.74. The number of alkyl halides is 1. The summed E-state index contributed by atoms with van der Waals surface area (Å²) in [6.07, 6.45) is 3.40. The summed E-state index contributed by atoms with van der Waals surface area (Å²) in [4.78, 5) is 0.518. The quantitative estimate of drug-likeness (QED) is 0.686. The number of benzene rings is 1. The van der Waals surface area contributed by atoms with Crippen LogP contribution in [0, 0.1) is 0 Å². The number of rotatable bonds is 4. The average Bonchev–Trinajstić information content (AvgIpc) is 2.27. The number of hydrogen-bond donors (Lipinski definition) is 0. The van der Waals surface area contributed by atoms with E-state index < -0.39 is 0 Å². The molecule has 1 atom stereocenters. The van der Waals surface area contributed by atoms with Gasteiger partial charge in [0.1, 0.15) is 0 Å². The minimum absolute atomic E-state index is 0.518. The minimum atomic E-state index is 0.518. The molecule has 0 N–H and O–H groups in total. The van der Waals surface area contributed by atoms with Crippen LogP contribution in [0.2, 0.25) is 0 Å². The molecule has 0 aliphatic carbocycles. The van der Waals surface area contributed by atoms with E-state index in [0.29, 0.717) is 4.83 Å². The molecule has 0 saturated heterocycles. The molecule has 1 aromatic carbocycles. The predicted molar refractivity (Wildman–Crippen MR) is 67.2 cm³/mol. The van der Waals surface area contributed by atoms with Crippen LogP contribution in [0.3, 0.4) is 0 Å². The molecule has 0 heterocycles. The topological polar surface area (TPSA) is 0 Å². The maximum atomic E-state index is 3.74. The van der Waals surface area contributed by atoms with Crippen LogP contribution in [-0.4, -0.2) is 0 Å². The van der Waals surface area contributed by atoms with Crippen molar-refractivity contribution >= 4 is 15.9 Å². The van der Waals surface area contributed by atoms with E-state index in [-0.39, 0.29) is 0 Å². The van der Waals surface area contributed by atoms with Gasteiger partial charge in [-0.15, -0.1) is 0 Å². The molecule has 0 radical (unpaired) electrons. The van der Waals surface area contributed by atoms with Gasteiger partial charge in [-0.3, -0.25) is 0 Å². The summed E-state index contributed by atoms with van der Waals surface area (Å²) >= 11 is 3.74. The van der Waals surface area contributed by atoms with Crippen molar-refractivity contribution in [2.45, 2.75) is 44.9 Å². The lowest BCUT2D eigenvalue weighted by Gasteiger charge is -2.14. The molecule has 0 aliphatic heterocycles. The highest BCUT2D eigenvalue weighted by Gasteiger charge is 2.09. The van der Waals surface area contributed by atoms with E-state index in [1.54, 1.807) is 0 Å². The predicted octanol–water partition coefficient (Wildman–Crippen LogP) is 4.66. The zero-order valence-corrected chi connectivity index (χ0v) is 10.9. The summed E-state index contributed by atoms with van der Waals surface area (Å²) < 4.78 is 0. The molecule has 0 bridgehead atoms. The van der Waals surface area contributed by atoms with Gasteiger partial charge in [-0.1, -0.05) is 54.9 Å². The standard InChI is InChI=1S/C13H19Br/c1-4-10-7-8-11(5-2)12(9-10)13(14)6-3/h7-9,13H,4-6H2,1-3H3. The second-order valence-corrected chi connectivity index (χ2v) is 4.72. The Hall–Kier alpha value is -0.300. The van der Waals surface area contributed by atoms with Crippen LogP contribution in [0.15, 0.2) is 18.2 Å². The van der Waals surface area contributed by atoms with Crippen molar-refractivity contribution in [3.05, 3.63) is 34.9 Å². The minimum Gasteiger partial charge on any atom is -0.0839 e. The molecule has 1 unspecified atom stereocenters. The van der Waals surface area contributed by atoms with E-state index in [1.807, 2.05) is 0 Å². The summed E-state index contributed by atoms with van der Waals surface area (Å²) in [5.41, 5.74) is 4.40. The van der Waals surface area contributed by atoms with Gasteiger partial charge < -0.3 is 0 Å². The summed E-state index contributed by atoms with van der Waals surface area (Å²) in [6, 6.07) is 6.87. The first-order chi connectivity index (χ1) is 6.72. The van der Waals surface area contributed by atoms with Gasteiger partial charge in [0, 0.05) is 4.83 Å². The van der Waals surface area contributed by atoms with Gasteiger partial charge in [0.25, 0.3) is 0 Å². The first-order valence-electron chi connectivity index (χ1n) is 5.48. The van der Waals surface area contributed by atoms with Crippen LogP contribution in [0.5, 0.6) is 0 Å². The fourth-order valence-electron chi connectivity index (χ4n) is 1.70. The molecule has 14 heavy (non-hydrogen) atoms. The Kier molecular flexibility index (Phi) is 4.67. The molecule has 0 spiro atoms. The molecule has 0 nitrogen and oxygen atoms in total. The van der Waals surface area contributed by atoms with Crippen molar-refractivity contribution in [1.82, 2.24) is 0 Å². The van der Waals surface area contributed by atoms with Crippen LogP contribution >= 0.6 is 15.9 Å². The van der Waals surface area contributed by atoms with Crippen molar-refractivity contribution < 1.29 is 0 Å². The fourth-order valence-corrected chi connectivity index (χ4v) is 2.12. The number of hydrogen-bond acceptors (Lipinski definition) is 0. The third kappa shape index (κ3) is 2.60. The number of halogens is 1. The van der Waals surface area contributed by atoms with Crippen molar-refractivity contribution in [3.8, 4) is 0 Å². The summed E-state index contributed by atoms with van der Waals surface area (Å²) in [7, 11) is 0. The van der Waals surface area contributed by atoms with Crippen molar-refractivity contribution in [1.29, 1.82) is 0 Å². The highest BCUT2D eigenvalue weighted by Crippen LogP contribution is 2.30. The first-order valence-corrected chi connectivity index (χ1v) is 6.40. The van der Waals surface area contributed by atoms with Crippen LogP contribution < -0.4 is 0 Å². The highest BCUT2D eigenvalue weighted by atomic mass is 79.9. The zero-order valence-electron chi connectivity index (χ0n) is 9.31. The van der Waals surface area contributed by atoms with Crippen LogP contribution in [0.1, 0.15) is 48.7 Å². The normalized spacial score (nSPS) is 12.9. The first kappa shape index (κ1) is 11.8. The highest BCUT2D eigenvalue weighted by molar-refractivity contribution is 9.09. The van der Waals surface area contributed by atoms with E-state index >= 15 is 0 Å². The Morgan fingerprint density at radius 2 is 1.86 bits per heavy atom. The second-order valence-electron chi connectivity index (χ2n) is 3.62. The van der Waals surface area contributed by atoms with E-state index in [0.717, 1.165) is 19.3 Å². The average molecular weight is 255 g/mol. The van der Waals surface area contributed by atoms with Crippen molar-refractivity contribution in [2.75, 3.05) is 0 Å². The molecule has 1 aromatic rings. The lowest BCUT2D eigenvalue weighted by atomic mass is 9.97. The van der Waals surface area contributed by atoms with Gasteiger partial charge in [-0.25, -0.2) is 0 Å². The molecule has 1 heteroatoms. The molecule has 78 valence electrons. The molecule has 0 aliphatic rings. The second kappa shape index (κ2) is 5.55.